The van der Waals surface area contributed by atoms with Crippen molar-refractivity contribution in [1.29, 1.82) is 0 Å². The van der Waals surface area contributed by atoms with Crippen LogP contribution in [0.25, 0.3) is 44.5 Å². The van der Waals surface area contributed by atoms with Crippen molar-refractivity contribution in [3.8, 4) is 56.0 Å². The summed E-state index contributed by atoms with van der Waals surface area (Å²) in [5, 5.41) is 0. The predicted molar refractivity (Wildman–Crippen MR) is 239 cm³/mol. The number of rotatable bonds is 8. The highest BCUT2D eigenvalue weighted by atomic mass is 31.1. The summed E-state index contributed by atoms with van der Waals surface area (Å²) >= 11 is 0. The fourth-order valence-electron chi connectivity index (χ4n) is 7.21. The number of hydrogen-bond donors (Lipinski definition) is 0. The van der Waals surface area contributed by atoms with E-state index in [0.29, 0.717) is 0 Å². The molecule has 0 radical (unpaired) electrons. The van der Waals surface area contributed by atoms with E-state index in [0.717, 1.165) is 33.8 Å². The Morgan fingerprint density at radius 1 is 0.327 bits per heavy atom. The first-order valence-electron chi connectivity index (χ1n) is 19.6. The maximum atomic E-state index is 6.40. The van der Waals surface area contributed by atoms with Gasteiger partial charge in [-0.15, -0.1) is 0 Å². The smallest absolute Gasteiger partial charge is 0.275 e. The average Bonchev–Trinajstić information content (AvgIpc) is 3.13. The first kappa shape index (κ1) is 40.0. The second-order valence-corrected chi connectivity index (χ2v) is 19.5. The molecule has 0 aromatic heterocycles. The van der Waals surface area contributed by atoms with Crippen LogP contribution in [-0.2, 0) is 21.7 Å². The molecule has 55 heavy (non-hydrogen) atoms. The topological polar surface area (TPSA) is 18.5 Å². The van der Waals surface area contributed by atoms with E-state index in [1.54, 1.807) is 0 Å². The maximum absolute atomic E-state index is 6.40. The van der Waals surface area contributed by atoms with Gasteiger partial charge in [-0.25, -0.2) is 0 Å². The molecule has 284 valence electrons. The zero-order valence-corrected chi connectivity index (χ0v) is 36.0. The molecule has 0 heterocycles. The molecule has 0 N–H and O–H groups in total. The molecule has 0 unspecified atom stereocenters. The van der Waals surface area contributed by atoms with E-state index in [2.05, 4.69) is 217 Å². The van der Waals surface area contributed by atoms with E-state index in [4.69, 9.17) is 9.05 Å². The first-order chi connectivity index (χ1) is 25.8. The van der Waals surface area contributed by atoms with Crippen molar-refractivity contribution >= 4 is 9.03 Å². The van der Waals surface area contributed by atoms with Crippen molar-refractivity contribution in [1.82, 2.24) is 0 Å². The van der Waals surface area contributed by atoms with Crippen LogP contribution in [0.5, 0.6) is 11.5 Å². The van der Waals surface area contributed by atoms with E-state index in [1.165, 1.54) is 44.5 Å². The van der Waals surface area contributed by atoms with Gasteiger partial charge in [-0.05, 0) is 113 Å². The van der Waals surface area contributed by atoms with Gasteiger partial charge in [-0.3, -0.25) is 0 Å². The maximum Gasteiger partial charge on any atom is 0.275 e. The normalized spacial score (nSPS) is 12.4. The molecule has 6 rings (SSSR count). The Morgan fingerprint density at radius 3 is 1.00 bits per heavy atom. The van der Waals surface area contributed by atoms with Gasteiger partial charge in [0.1, 0.15) is 11.5 Å². The van der Waals surface area contributed by atoms with Crippen molar-refractivity contribution in [2.75, 3.05) is 0 Å². The summed E-state index contributed by atoms with van der Waals surface area (Å²) in [5.41, 5.74) is 14.9. The van der Waals surface area contributed by atoms with Gasteiger partial charge in [-0.1, -0.05) is 192 Å². The predicted octanol–water partition coefficient (Wildman–Crippen LogP) is 15.5. The third-order valence-electron chi connectivity index (χ3n) is 10.4. The van der Waals surface area contributed by atoms with E-state index < -0.39 is 0 Å². The zero-order chi connectivity index (χ0) is 39.8. The van der Waals surface area contributed by atoms with Crippen LogP contribution in [0.2, 0.25) is 0 Å². The van der Waals surface area contributed by atoms with Gasteiger partial charge in [0, 0.05) is 0 Å². The van der Waals surface area contributed by atoms with Crippen LogP contribution >= 0.6 is 9.03 Å². The van der Waals surface area contributed by atoms with Crippen LogP contribution in [0.4, 0.5) is 0 Å². The highest BCUT2D eigenvalue weighted by Gasteiger charge is 2.26. The highest BCUT2D eigenvalue weighted by Crippen LogP contribution is 2.44. The van der Waals surface area contributed by atoms with E-state index in [1.807, 2.05) is 0 Å². The zero-order valence-electron chi connectivity index (χ0n) is 35.0. The minimum absolute atomic E-state index is 0.0344. The molecule has 0 bridgehead atoms. The molecule has 0 saturated carbocycles. The molecule has 0 saturated heterocycles. The fourth-order valence-corrected chi connectivity index (χ4v) is 7.69. The van der Waals surface area contributed by atoms with Crippen LogP contribution in [0.3, 0.4) is 0 Å². The minimum Gasteiger partial charge on any atom is -0.441 e. The second kappa shape index (κ2) is 15.5. The van der Waals surface area contributed by atoms with Gasteiger partial charge < -0.3 is 9.05 Å². The Hall–Kier alpha value is -4.65. The largest absolute Gasteiger partial charge is 0.441 e. The molecule has 2 nitrogen and oxygen atoms in total. The van der Waals surface area contributed by atoms with Crippen molar-refractivity contribution in [3.63, 3.8) is 0 Å². The molecule has 0 atom stereocenters. The highest BCUT2D eigenvalue weighted by molar-refractivity contribution is 7.27. The van der Waals surface area contributed by atoms with E-state index in [9.17, 15) is 0 Å². The van der Waals surface area contributed by atoms with Gasteiger partial charge in [-0.2, -0.15) is 0 Å². The number of benzene rings is 6. The average molecular weight is 747 g/mol. The van der Waals surface area contributed by atoms with Crippen LogP contribution in [0, 0.1) is 0 Å². The Bertz CT molecular complexity index is 2090. The van der Waals surface area contributed by atoms with Crippen LogP contribution in [0.1, 0.15) is 105 Å². The Balaban J connectivity index is 1.34. The molecule has 0 amide bonds. The SMILES string of the molecule is CC(C)(C)c1ccc(-c2ccc(OPOc3ccc(-c4ccc(C(C)(C)C)cc4C(C)(C)C)c(-c4ccccc4)c3)cc2-c2ccccc2)c(C(C)(C)C)c1. The fraction of sp³-hybridized carbons (Fsp3) is 0.308. The molecule has 6 aromatic carbocycles. The van der Waals surface area contributed by atoms with Gasteiger partial charge in [0.05, 0.1) is 0 Å². The molecule has 0 aliphatic carbocycles. The van der Waals surface area contributed by atoms with Crippen molar-refractivity contribution < 1.29 is 9.05 Å². The first-order valence-corrected chi connectivity index (χ1v) is 20.4. The minimum atomic E-state index is -0.218. The number of hydrogen-bond acceptors (Lipinski definition) is 2. The standard InChI is InChI=1S/C52H59O2P/c1-49(2,3)37-23-27-43(47(31-37)51(7,8)9)41-29-25-39(33-45(41)35-19-15-13-16-20-35)53-55-54-40-26-30-42(46(34-40)36-21-17-14-18-22-36)44-28-24-38(50(4,5)6)32-48(44)52(10,11)12/h13-34,55H,1-12H3. The lowest BCUT2D eigenvalue weighted by Gasteiger charge is -2.28. The summed E-state index contributed by atoms with van der Waals surface area (Å²) in [6, 6.07) is 48.2. The van der Waals surface area contributed by atoms with Gasteiger partial charge in [0.2, 0.25) is 0 Å². The Labute approximate surface area is 333 Å². The summed E-state index contributed by atoms with van der Waals surface area (Å²) in [6.45, 7) is 27.5. The monoisotopic (exact) mass is 746 g/mol. The summed E-state index contributed by atoms with van der Waals surface area (Å²) in [6.07, 6.45) is 0. The van der Waals surface area contributed by atoms with Crippen molar-refractivity contribution in [2.24, 2.45) is 0 Å². The van der Waals surface area contributed by atoms with Gasteiger partial charge in [0.25, 0.3) is 9.03 Å². The molecule has 0 aliphatic rings. The quantitative estimate of drug-likeness (QED) is 0.144. The van der Waals surface area contributed by atoms with E-state index in [-0.39, 0.29) is 30.7 Å². The summed E-state index contributed by atoms with van der Waals surface area (Å²) in [7, 11) is -0.218. The summed E-state index contributed by atoms with van der Waals surface area (Å²) in [5.74, 6) is 1.55. The van der Waals surface area contributed by atoms with Crippen LogP contribution in [0.15, 0.2) is 133 Å². The second-order valence-electron chi connectivity index (χ2n) is 19.0. The lowest BCUT2D eigenvalue weighted by molar-refractivity contribution is 0.516. The Kier molecular flexibility index (Phi) is 11.3. The third kappa shape index (κ3) is 9.25. The molecule has 0 aliphatic heterocycles. The Morgan fingerprint density at radius 2 is 0.673 bits per heavy atom. The van der Waals surface area contributed by atoms with Crippen LogP contribution < -0.4 is 9.05 Å². The lowest BCUT2D eigenvalue weighted by Crippen LogP contribution is -2.17. The molecule has 6 aromatic rings. The van der Waals surface area contributed by atoms with Crippen molar-refractivity contribution in [2.45, 2.75) is 105 Å². The van der Waals surface area contributed by atoms with Gasteiger partial charge in [0.15, 0.2) is 0 Å². The molecule has 0 fully saturated rings. The summed E-state index contributed by atoms with van der Waals surface area (Å²) < 4.78 is 12.8. The lowest BCUT2D eigenvalue weighted by atomic mass is 9.76. The van der Waals surface area contributed by atoms with E-state index >= 15 is 0 Å². The molecular formula is C52H59O2P. The molecular weight excluding hydrogens is 688 g/mol. The van der Waals surface area contributed by atoms with Crippen LogP contribution in [-0.4, -0.2) is 0 Å². The molecule has 0 spiro atoms. The summed E-state index contributed by atoms with van der Waals surface area (Å²) in [4.78, 5) is 0. The van der Waals surface area contributed by atoms with Crippen molar-refractivity contribution in [3.05, 3.63) is 156 Å². The van der Waals surface area contributed by atoms with Gasteiger partial charge >= 0.3 is 0 Å². The molecule has 3 heteroatoms. The third-order valence-corrected chi connectivity index (χ3v) is 11.1.